The molecule has 2 aromatic rings. The summed E-state index contributed by atoms with van der Waals surface area (Å²) in [4.78, 5) is 0. The molecule has 0 spiro atoms. The van der Waals surface area contributed by atoms with Gasteiger partial charge in [-0.05, 0) is 36.8 Å². The van der Waals surface area contributed by atoms with Crippen molar-refractivity contribution in [2.75, 3.05) is 0 Å². The van der Waals surface area contributed by atoms with E-state index < -0.39 is 0 Å². The van der Waals surface area contributed by atoms with Gasteiger partial charge in [-0.1, -0.05) is 39.7 Å². The monoisotopic (exact) mass is 351 g/mol. The number of fused-ring (bicyclic) bond motifs is 1. The summed E-state index contributed by atoms with van der Waals surface area (Å²) in [5, 5.41) is 0.692. The summed E-state index contributed by atoms with van der Waals surface area (Å²) in [6.45, 7) is 2.07. The Morgan fingerprint density at radius 3 is 2.75 bits per heavy atom. The van der Waals surface area contributed by atoms with Crippen LogP contribution in [0.2, 0.25) is 5.02 Å². The highest BCUT2D eigenvalue weighted by Crippen LogP contribution is 2.42. The molecule has 0 radical (unpaired) electrons. The van der Waals surface area contributed by atoms with Crippen molar-refractivity contribution in [3.63, 3.8) is 0 Å². The molecule has 0 amide bonds. The van der Waals surface area contributed by atoms with Gasteiger partial charge in [-0.3, -0.25) is 0 Å². The molecular weight excluding hydrogens is 338 g/mol. The zero-order valence-electron chi connectivity index (χ0n) is 11.1. The van der Waals surface area contributed by atoms with E-state index >= 15 is 0 Å². The lowest BCUT2D eigenvalue weighted by Gasteiger charge is -2.31. The Bertz CT molecular complexity index is 659. The van der Waals surface area contributed by atoms with Crippen molar-refractivity contribution in [3.8, 4) is 5.75 Å². The normalized spacial score (nSPS) is 21.2. The first-order valence-electron chi connectivity index (χ1n) is 6.52. The summed E-state index contributed by atoms with van der Waals surface area (Å²) in [5.41, 5.74) is 9.60. The SMILES string of the molecule is Cc1ccc(C2C[C@@H](N)c3cc(Cl)ccc3O2)c(Br)c1. The number of hydrogen-bond donors (Lipinski definition) is 1. The van der Waals surface area contributed by atoms with Gasteiger partial charge in [0.25, 0.3) is 0 Å². The standard InChI is InChI=1S/C16H15BrClNO/c1-9-2-4-11(13(17)6-9)16-8-14(19)12-7-10(18)3-5-15(12)20-16/h2-7,14,16H,8,19H2,1H3/t14-,16?/m1/s1. The number of halogens is 2. The van der Waals surface area contributed by atoms with E-state index in [4.69, 9.17) is 22.1 Å². The van der Waals surface area contributed by atoms with Crippen molar-refractivity contribution < 1.29 is 4.74 Å². The fraction of sp³-hybridized carbons (Fsp3) is 0.250. The van der Waals surface area contributed by atoms with Crippen molar-refractivity contribution >= 4 is 27.5 Å². The van der Waals surface area contributed by atoms with Crippen molar-refractivity contribution in [2.45, 2.75) is 25.5 Å². The molecule has 0 fully saturated rings. The first kappa shape index (κ1) is 13.9. The minimum atomic E-state index is -0.0596. The molecular formula is C16H15BrClNO. The van der Waals surface area contributed by atoms with Crippen LogP contribution < -0.4 is 10.5 Å². The molecule has 2 aromatic carbocycles. The first-order chi connectivity index (χ1) is 9.54. The quantitative estimate of drug-likeness (QED) is 0.789. The molecule has 1 heterocycles. The van der Waals surface area contributed by atoms with Gasteiger partial charge in [-0.25, -0.2) is 0 Å². The van der Waals surface area contributed by atoms with E-state index in [-0.39, 0.29) is 12.1 Å². The maximum absolute atomic E-state index is 6.27. The molecule has 20 heavy (non-hydrogen) atoms. The van der Waals surface area contributed by atoms with E-state index in [2.05, 4.69) is 41.1 Å². The Morgan fingerprint density at radius 2 is 2.00 bits per heavy atom. The number of ether oxygens (including phenoxy) is 1. The second-order valence-corrected chi connectivity index (χ2v) is 6.45. The average molecular weight is 353 g/mol. The third-order valence-electron chi connectivity index (χ3n) is 3.61. The predicted molar refractivity (Wildman–Crippen MR) is 85.2 cm³/mol. The van der Waals surface area contributed by atoms with E-state index in [1.54, 1.807) is 0 Å². The van der Waals surface area contributed by atoms with Crippen LogP contribution in [0.1, 0.15) is 35.3 Å². The summed E-state index contributed by atoms with van der Waals surface area (Å²) >= 11 is 9.63. The number of hydrogen-bond acceptors (Lipinski definition) is 2. The molecule has 1 unspecified atom stereocenters. The summed E-state index contributed by atoms with van der Waals surface area (Å²) in [6.07, 6.45) is 0.711. The van der Waals surface area contributed by atoms with Crippen LogP contribution in [0.25, 0.3) is 0 Å². The Hall–Kier alpha value is -1.03. The first-order valence-corrected chi connectivity index (χ1v) is 7.69. The van der Waals surface area contributed by atoms with E-state index in [9.17, 15) is 0 Å². The largest absolute Gasteiger partial charge is 0.485 e. The lowest BCUT2D eigenvalue weighted by molar-refractivity contribution is 0.161. The predicted octanol–water partition coefficient (Wildman–Crippen LogP) is 4.93. The Morgan fingerprint density at radius 1 is 1.20 bits per heavy atom. The Kier molecular flexibility index (Phi) is 3.76. The maximum Gasteiger partial charge on any atom is 0.127 e. The molecule has 1 aliphatic rings. The van der Waals surface area contributed by atoms with Crippen LogP contribution >= 0.6 is 27.5 Å². The maximum atomic E-state index is 6.27. The van der Waals surface area contributed by atoms with Gasteiger partial charge in [0, 0.05) is 33.1 Å². The van der Waals surface area contributed by atoms with Gasteiger partial charge >= 0.3 is 0 Å². The lowest BCUT2D eigenvalue weighted by atomic mass is 9.93. The molecule has 0 aliphatic carbocycles. The molecule has 4 heteroatoms. The van der Waals surface area contributed by atoms with E-state index in [0.29, 0.717) is 5.02 Å². The zero-order valence-corrected chi connectivity index (χ0v) is 13.4. The summed E-state index contributed by atoms with van der Waals surface area (Å²) < 4.78 is 7.16. The molecule has 3 rings (SSSR count). The number of rotatable bonds is 1. The van der Waals surface area contributed by atoms with Crippen molar-refractivity contribution in [3.05, 3.63) is 62.6 Å². The third-order valence-corrected chi connectivity index (χ3v) is 4.53. The van der Waals surface area contributed by atoms with Crippen LogP contribution in [-0.4, -0.2) is 0 Å². The van der Waals surface area contributed by atoms with Crippen molar-refractivity contribution in [2.24, 2.45) is 5.73 Å². The van der Waals surface area contributed by atoms with Crippen molar-refractivity contribution in [1.82, 2.24) is 0 Å². The summed E-state index contributed by atoms with van der Waals surface area (Å²) in [7, 11) is 0. The zero-order chi connectivity index (χ0) is 14.3. The number of benzene rings is 2. The minimum Gasteiger partial charge on any atom is -0.485 e. The van der Waals surface area contributed by atoms with E-state index in [1.807, 2.05) is 18.2 Å². The van der Waals surface area contributed by atoms with Gasteiger partial charge in [0.2, 0.25) is 0 Å². The van der Waals surface area contributed by atoms with Gasteiger partial charge in [-0.2, -0.15) is 0 Å². The Labute approximate surface area is 132 Å². The highest BCUT2D eigenvalue weighted by molar-refractivity contribution is 9.10. The summed E-state index contributed by atoms with van der Waals surface area (Å²) in [6, 6.07) is 11.8. The van der Waals surface area contributed by atoms with E-state index in [0.717, 1.165) is 27.8 Å². The third kappa shape index (κ3) is 2.58. The molecule has 0 saturated heterocycles. The van der Waals surface area contributed by atoms with Crippen LogP contribution in [0.15, 0.2) is 40.9 Å². The molecule has 0 bridgehead atoms. The van der Waals surface area contributed by atoms with Gasteiger partial charge < -0.3 is 10.5 Å². The van der Waals surface area contributed by atoms with Gasteiger partial charge in [0.15, 0.2) is 0 Å². The molecule has 2 atom stereocenters. The molecule has 0 saturated carbocycles. The molecule has 1 aliphatic heterocycles. The minimum absolute atomic E-state index is 0.0337. The highest BCUT2D eigenvalue weighted by Gasteiger charge is 2.28. The van der Waals surface area contributed by atoms with Crippen LogP contribution in [0.3, 0.4) is 0 Å². The second-order valence-electron chi connectivity index (χ2n) is 5.16. The smallest absolute Gasteiger partial charge is 0.127 e. The summed E-state index contributed by atoms with van der Waals surface area (Å²) in [5.74, 6) is 0.825. The lowest BCUT2D eigenvalue weighted by Crippen LogP contribution is -2.24. The topological polar surface area (TPSA) is 35.2 Å². The number of nitrogens with two attached hydrogens (primary N) is 1. The molecule has 0 aromatic heterocycles. The van der Waals surface area contributed by atoms with Crippen LogP contribution in [-0.2, 0) is 0 Å². The van der Waals surface area contributed by atoms with Gasteiger partial charge in [-0.15, -0.1) is 0 Å². The fourth-order valence-corrected chi connectivity index (χ4v) is 3.49. The highest BCUT2D eigenvalue weighted by atomic mass is 79.9. The van der Waals surface area contributed by atoms with E-state index in [1.165, 1.54) is 5.56 Å². The second kappa shape index (κ2) is 5.40. The average Bonchev–Trinajstić information content (AvgIpc) is 2.39. The molecule has 2 N–H and O–H groups in total. The van der Waals surface area contributed by atoms with Gasteiger partial charge in [0.05, 0.1) is 0 Å². The van der Waals surface area contributed by atoms with Crippen molar-refractivity contribution in [1.29, 1.82) is 0 Å². The number of aryl methyl sites for hydroxylation is 1. The van der Waals surface area contributed by atoms with Crippen LogP contribution in [0, 0.1) is 6.92 Å². The molecule has 2 nitrogen and oxygen atoms in total. The Balaban J connectivity index is 1.97. The molecule has 104 valence electrons. The van der Waals surface area contributed by atoms with Gasteiger partial charge in [0.1, 0.15) is 11.9 Å². The van der Waals surface area contributed by atoms with Crippen LogP contribution in [0.4, 0.5) is 0 Å². The van der Waals surface area contributed by atoms with Crippen LogP contribution in [0.5, 0.6) is 5.75 Å². The fourth-order valence-electron chi connectivity index (χ4n) is 2.56.